The number of aliphatic hydroxyl groups is 1. The Labute approximate surface area is 144 Å². The van der Waals surface area contributed by atoms with Crippen molar-refractivity contribution < 1.29 is 14.6 Å². The SMILES string of the molecule is C=C(C)c1ccc2c(c1)CC[C@H]1[C@](C)(C(=O)OC)C[C@H](O)C[C@]21C. The summed E-state index contributed by atoms with van der Waals surface area (Å²) in [6, 6.07) is 6.53. The summed E-state index contributed by atoms with van der Waals surface area (Å²) in [5, 5.41) is 10.5. The van der Waals surface area contributed by atoms with Gasteiger partial charge in [0.2, 0.25) is 0 Å². The highest BCUT2D eigenvalue weighted by Crippen LogP contribution is 2.57. The molecule has 0 radical (unpaired) electrons. The predicted molar refractivity (Wildman–Crippen MR) is 95.7 cm³/mol. The van der Waals surface area contributed by atoms with Crippen LogP contribution in [0.3, 0.4) is 0 Å². The van der Waals surface area contributed by atoms with Crippen LogP contribution >= 0.6 is 0 Å². The summed E-state index contributed by atoms with van der Waals surface area (Å²) in [6.45, 7) is 10.2. The molecule has 0 heterocycles. The van der Waals surface area contributed by atoms with Crippen molar-refractivity contribution in [2.75, 3.05) is 7.11 Å². The third kappa shape index (κ3) is 2.41. The molecule has 0 bridgehead atoms. The average Bonchev–Trinajstić information content (AvgIpc) is 2.52. The maximum absolute atomic E-state index is 12.5. The second-order valence-corrected chi connectivity index (χ2v) is 8.13. The molecule has 3 nitrogen and oxygen atoms in total. The van der Waals surface area contributed by atoms with E-state index < -0.39 is 11.5 Å². The normalized spacial score (nSPS) is 34.9. The van der Waals surface area contributed by atoms with Crippen molar-refractivity contribution in [2.45, 2.75) is 58.0 Å². The van der Waals surface area contributed by atoms with Gasteiger partial charge in [-0.2, -0.15) is 0 Å². The summed E-state index contributed by atoms with van der Waals surface area (Å²) in [6.07, 6.45) is 2.60. The summed E-state index contributed by atoms with van der Waals surface area (Å²) in [7, 11) is 1.45. The molecule has 1 fully saturated rings. The molecule has 1 saturated carbocycles. The fourth-order valence-electron chi connectivity index (χ4n) is 5.36. The summed E-state index contributed by atoms with van der Waals surface area (Å²) < 4.78 is 5.11. The maximum Gasteiger partial charge on any atom is 0.311 e. The largest absolute Gasteiger partial charge is 0.469 e. The van der Waals surface area contributed by atoms with Gasteiger partial charge in [0.05, 0.1) is 18.6 Å². The molecular formula is C21H28O3. The zero-order valence-corrected chi connectivity index (χ0v) is 15.2. The van der Waals surface area contributed by atoms with E-state index in [1.54, 1.807) is 0 Å². The van der Waals surface area contributed by atoms with E-state index in [1.165, 1.54) is 23.8 Å². The number of rotatable bonds is 2. The Morgan fingerprint density at radius 1 is 1.33 bits per heavy atom. The topological polar surface area (TPSA) is 46.5 Å². The first kappa shape index (κ1) is 17.2. The summed E-state index contributed by atoms with van der Waals surface area (Å²) >= 11 is 0. The molecule has 1 aromatic carbocycles. The van der Waals surface area contributed by atoms with Gasteiger partial charge in [-0.05, 0) is 67.6 Å². The van der Waals surface area contributed by atoms with E-state index in [0.717, 1.165) is 18.4 Å². The first-order chi connectivity index (χ1) is 11.2. The number of allylic oxidation sites excluding steroid dienone is 1. The molecule has 2 aliphatic rings. The Bertz CT molecular complexity index is 692. The van der Waals surface area contributed by atoms with Crippen molar-refractivity contribution in [3.8, 4) is 0 Å². The Kier molecular flexibility index (Phi) is 4.11. The third-order valence-corrected chi connectivity index (χ3v) is 6.42. The molecule has 1 N–H and O–H groups in total. The Balaban J connectivity index is 2.11. The van der Waals surface area contributed by atoms with Gasteiger partial charge >= 0.3 is 5.97 Å². The molecule has 2 aliphatic carbocycles. The second kappa shape index (κ2) is 5.73. The molecule has 1 aromatic rings. The van der Waals surface area contributed by atoms with Crippen LogP contribution in [0.4, 0.5) is 0 Å². The predicted octanol–water partition coefficient (Wildman–Crippen LogP) is 3.87. The highest BCUT2D eigenvalue weighted by atomic mass is 16.5. The van der Waals surface area contributed by atoms with Gasteiger partial charge in [-0.15, -0.1) is 0 Å². The molecule has 130 valence electrons. The van der Waals surface area contributed by atoms with Crippen molar-refractivity contribution >= 4 is 11.5 Å². The van der Waals surface area contributed by atoms with E-state index in [9.17, 15) is 9.90 Å². The maximum atomic E-state index is 12.5. The van der Waals surface area contributed by atoms with Crippen molar-refractivity contribution in [1.82, 2.24) is 0 Å². The lowest BCUT2D eigenvalue weighted by Crippen LogP contribution is -2.56. The number of fused-ring (bicyclic) bond motifs is 3. The van der Waals surface area contributed by atoms with Gasteiger partial charge in [-0.3, -0.25) is 4.79 Å². The number of benzene rings is 1. The molecule has 4 atom stereocenters. The lowest BCUT2D eigenvalue weighted by Gasteiger charge is -2.55. The van der Waals surface area contributed by atoms with Gasteiger partial charge in [-0.1, -0.05) is 37.3 Å². The number of methoxy groups -OCH3 is 1. The van der Waals surface area contributed by atoms with E-state index in [0.29, 0.717) is 12.8 Å². The van der Waals surface area contributed by atoms with Crippen LogP contribution in [0.25, 0.3) is 5.57 Å². The van der Waals surface area contributed by atoms with Crippen molar-refractivity contribution in [3.63, 3.8) is 0 Å². The van der Waals surface area contributed by atoms with Gasteiger partial charge in [0.25, 0.3) is 0 Å². The van der Waals surface area contributed by atoms with Crippen LogP contribution in [0.5, 0.6) is 0 Å². The number of hydrogen-bond donors (Lipinski definition) is 1. The number of aryl methyl sites for hydroxylation is 1. The van der Waals surface area contributed by atoms with Crippen molar-refractivity contribution in [3.05, 3.63) is 41.5 Å². The van der Waals surface area contributed by atoms with Gasteiger partial charge in [0.1, 0.15) is 0 Å². The zero-order valence-electron chi connectivity index (χ0n) is 15.2. The first-order valence-electron chi connectivity index (χ1n) is 8.78. The number of aliphatic hydroxyl groups excluding tert-OH is 1. The minimum absolute atomic E-state index is 0.184. The standard InChI is InChI=1S/C21H28O3/c1-13(2)14-6-8-17-15(10-14)7-9-18-20(17,3)11-16(22)12-21(18,4)19(23)24-5/h6,8,10,16,18,22H,1,7,9,11-12H2,2-5H3/t16-,18-,20-,21-/m1/s1. The van der Waals surface area contributed by atoms with Crippen LogP contribution in [0, 0.1) is 11.3 Å². The zero-order chi connectivity index (χ0) is 17.7. The molecule has 0 spiro atoms. The van der Waals surface area contributed by atoms with Gasteiger partial charge in [0, 0.05) is 0 Å². The fourth-order valence-corrected chi connectivity index (χ4v) is 5.36. The third-order valence-electron chi connectivity index (χ3n) is 6.42. The van der Waals surface area contributed by atoms with Gasteiger partial charge in [-0.25, -0.2) is 0 Å². The van der Waals surface area contributed by atoms with Crippen LogP contribution in [0.2, 0.25) is 0 Å². The van der Waals surface area contributed by atoms with E-state index in [4.69, 9.17) is 4.74 Å². The quantitative estimate of drug-likeness (QED) is 0.838. The number of hydrogen-bond acceptors (Lipinski definition) is 3. The van der Waals surface area contributed by atoms with E-state index in [2.05, 4.69) is 31.7 Å². The van der Waals surface area contributed by atoms with Gasteiger partial charge in [0.15, 0.2) is 0 Å². The molecular weight excluding hydrogens is 300 g/mol. The number of carbonyl (C=O) groups excluding carboxylic acids is 1. The molecule has 3 heteroatoms. The summed E-state index contributed by atoms with van der Waals surface area (Å²) in [5.74, 6) is -0.0106. The average molecular weight is 328 g/mol. The monoisotopic (exact) mass is 328 g/mol. The highest BCUT2D eigenvalue weighted by molar-refractivity contribution is 5.77. The molecule has 24 heavy (non-hydrogen) atoms. The second-order valence-electron chi connectivity index (χ2n) is 8.13. The number of ether oxygens (including phenoxy) is 1. The lowest BCUT2D eigenvalue weighted by atomic mass is 9.49. The molecule has 0 aromatic heterocycles. The van der Waals surface area contributed by atoms with Crippen LogP contribution < -0.4 is 0 Å². The van der Waals surface area contributed by atoms with Crippen LogP contribution in [0.1, 0.15) is 56.7 Å². The summed E-state index contributed by atoms with van der Waals surface area (Å²) in [4.78, 5) is 12.5. The summed E-state index contributed by atoms with van der Waals surface area (Å²) in [5.41, 5.74) is 4.00. The Hall–Kier alpha value is -1.61. The van der Waals surface area contributed by atoms with Gasteiger partial charge < -0.3 is 9.84 Å². The minimum Gasteiger partial charge on any atom is -0.469 e. The highest BCUT2D eigenvalue weighted by Gasteiger charge is 2.57. The molecule has 3 rings (SSSR count). The molecule has 0 amide bonds. The number of esters is 1. The van der Waals surface area contributed by atoms with Crippen molar-refractivity contribution in [1.29, 1.82) is 0 Å². The number of carbonyl (C=O) groups is 1. The van der Waals surface area contributed by atoms with Crippen LogP contribution in [-0.2, 0) is 21.4 Å². The minimum atomic E-state index is -0.633. The smallest absolute Gasteiger partial charge is 0.311 e. The lowest BCUT2D eigenvalue weighted by molar-refractivity contribution is -0.166. The van der Waals surface area contributed by atoms with E-state index >= 15 is 0 Å². The Morgan fingerprint density at radius 2 is 2.04 bits per heavy atom. The van der Waals surface area contributed by atoms with Crippen molar-refractivity contribution in [2.24, 2.45) is 11.3 Å². The van der Waals surface area contributed by atoms with E-state index in [1.807, 2.05) is 13.8 Å². The molecule has 0 unspecified atom stereocenters. The molecule has 0 saturated heterocycles. The van der Waals surface area contributed by atoms with Crippen LogP contribution in [-0.4, -0.2) is 24.3 Å². The van der Waals surface area contributed by atoms with Crippen LogP contribution in [0.15, 0.2) is 24.8 Å². The molecule has 0 aliphatic heterocycles. The van der Waals surface area contributed by atoms with E-state index in [-0.39, 0.29) is 17.3 Å². The fraction of sp³-hybridized carbons (Fsp3) is 0.571. The Morgan fingerprint density at radius 3 is 2.67 bits per heavy atom. The first-order valence-corrected chi connectivity index (χ1v) is 8.78.